The van der Waals surface area contributed by atoms with Crippen LogP contribution >= 0.6 is 12.2 Å². The maximum atomic E-state index is 5.62. The number of nitrogens with one attached hydrogen (secondary N) is 1. The number of likely N-dealkylation sites (tertiary alicyclic amines) is 1. The van der Waals surface area contributed by atoms with Crippen LogP contribution in [0.5, 0.6) is 0 Å². The third-order valence-corrected chi connectivity index (χ3v) is 4.36. The fraction of sp³-hybridized carbons (Fsp3) is 0.562. The van der Waals surface area contributed by atoms with Gasteiger partial charge in [-0.3, -0.25) is 0 Å². The van der Waals surface area contributed by atoms with E-state index >= 15 is 0 Å². The first-order valence-corrected chi connectivity index (χ1v) is 7.56. The van der Waals surface area contributed by atoms with Crippen LogP contribution in [0.25, 0.3) is 0 Å². The smallest absolute Gasteiger partial charge is 0.173 e. The molecule has 0 bridgehead atoms. The van der Waals surface area contributed by atoms with Gasteiger partial charge >= 0.3 is 0 Å². The van der Waals surface area contributed by atoms with Gasteiger partial charge in [-0.1, -0.05) is 17.7 Å². The Hall–Kier alpha value is -1.09. The van der Waals surface area contributed by atoms with Gasteiger partial charge in [-0.25, -0.2) is 0 Å². The Labute approximate surface area is 122 Å². The topological polar surface area (TPSA) is 15.3 Å². The molecule has 1 aromatic rings. The minimum absolute atomic E-state index is 0.537. The Balaban J connectivity index is 2.11. The lowest BCUT2D eigenvalue weighted by atomic mass is 9.98. The van der Waals surface area contributed by atoms with Crippen LogP contribution < -0.4 is 5.32 Å². The van der Waals surface area contributed by atoms with Gasteiger partial charge in [0.2, 0.25) is 0 Å². The van der Waals surface area contributed by atoms with Gasteiger partial charge in [0, 0.05) is 17.8 Å². The molecule has 0 spiro atoms. The zero-order chi connectivity index (χ0) is 14.0. The largest absolute Gasteiger partial charge is 0.344 e. The lowest BCUT2D eigenvalue weighted by Crippen LogP contribution is -2.49. The van der Waals surface area contributed by atoms with Gasteiger partial charge < -0.3 is 10.2 Å². The first kappa shape index (κ1) is 14.3. The maximum absolute atomic E-state index is 5.62. The molecule has 104 valence electrons. The number of benzene rings is 1. The third-order valence-electron chi connectivity index (χ3n) is 4.05. The van der Waals surface area contributed by atoms with E-state index in [1.807, 2.05) is 0 Å². The number of rotatable bonds is 1. The molecule has 0 aliphatic carbocycles. The van der Waals surface area contributed by atoms with Crippen molar-refractivity contribution in [2.24, 2.45) is 0 Å². The molecule has 2 rings (SSSR count). The molecule has 1 saturated heterocycles. The summed E-state index contributed by atoms with van der Waals surface area (Å²) in [6, 6.07) is 7.51. The number of piperidine rings is 1. The molecular formula is C16H24N2S. The van der Waals surface area contributed by atoms with E-state index in [-0.39, 0.29) is 0 Å². The molecule has 0 aromatic heterocycles. The predicted octanol–water partition coefficient (Wildman–Crippen LogP) is 4.26. The average Bonchev–Trinajstić information content (AvgIpc) is 2.32. The zero-order valence-corrected chi connectivity index (χ0v) is 13.2. The van der Waals surface area contributed by atoms with Crippen molar-refractivity contribution in [1.29, 1.82) is 0 Å². The average molecular weight is 276 g/mol. The quantitative estimate of drug-likeness (QED) is 0.771. The standard InChI is InChI=1S/C16H24N2S/c1-11-8-9-15(12(2)10-11)17-16(19)18-13(3)6-5-7-14(18)4/h8-10,13-14H,5-7H2,1-4H3,(H,17,19)/t13-,14+. The summed E-state index contributed by atoms with van der Waals surface area (Å²) in [6.07, 6.45) is 3.78. The van der Waals surface area contributed by atoms with Gasteiger partial charge in [-0.15, -0.1) is 0 Å². The van der Waals surface area contributed by atoms with E-state index < -0.39 is 0 Å². The lowest BCUT2D eigenvalue weighted by molar-refractivity contribution is 0.194. The Morgan fingerprint density at radius 1 is 1.21 bits per heavy atom. The first-order chi connectivity index (χ1) is 8.99. The van der Waals surface area contributed by atoms with E-state index in [9.17, 15) is 0 Å². The highest BCUT2D eigenvalue weighted by molar-refractivity contribution is 7.80. The lowest BCUT2D eigenvalue weighted by Gasteiger charge is -2.41. The van der Waals surface area contributed by atoms with Crippen molar-refractivity contribution in [1.82, 2.24) is 4.90 Å². The molecule has 1 aromatic carbocycles. The van der Waals surface area contributed by atoms with Gasteiger partial charge in [-0.2, -0.15) is 0 Å². The number of nitrogens with zero attached hydrogens (tertiary/aromatic N) is 1. The molecule has 1 heterocycles. The van der Waals surface area contributed by atoms with E-state index in [4.69, 9.17) is 12.2 Å². The van der Waals surface area contributed by atoms with Crippen LogP contribution in [-0.4, -0.2) is 22.1 Å². The highest BCUT2D eigenvalue weighted by Gasteiger charge is 2.26. The maximum Gasteiger partial charge on any atom is 0.173 e. The number of thiocarbonyl (C=S) groups is 1. The summed E-state index contributed by atoms with van der Waals surface area (Å²) in [6.45, 7) is 8.78. The predicted molar refractivity (Wildman–Crippen MR) is 86.8 cm³/mol. The van der Waals surface area contributed by atoms with Crippen molar-refractivity contribution in [3.05, 3.63) is 29.3 Å². The van der Waals surface area contributed by atoms with Crippen molar-refractivity contribution in [2.75, 3.05) is 5.32 Å². The van der Waals surface area contributed by atoms with Crippen molar-refractivity contribution >= 4 is 23.0 Å². The van der Waals surface area contributed by atoms with Crippen LogP contribution in [0.4, 0.5) is 5.69 Å². The van der Waals surface area contributed by atoms with Crippen LogP contribution in [0.2, 0.25) is 0 Å². The summed E-state index contributed by atoms with van der Waals surface area (Å²) in [4.78, 5) is 2.36. The van der Waals surface area contributed by atoms with Crippen molar-refractivity contribution < 1.29 is 0 Å². The van der Waals surface area contributed by atoms with E-state index in [0.717, 1.165) is 10.8 Å². The van der Waals surface area contributed by atoms with Crippen LogP contribution in [0.3, 0.4) is 0 Å². The van der Waals surface area contributed by atoms with Gasteiger partial charge in [0.15, 0.2) is 5.11 Å². The van der Waals surface area contributed by atoms with Crippen molar-refractivity contribution in [3.8, 4) is 0 Å². The molecule has 1 aliphatic heterocycles. The van der Waals surface area contributed by atoms with E-state index in [0.29, 0.717) is 12.1 Å². The normalized spacial score (nSPS) is 23.3. The van der Waals surface area contributed by atoms with E-state index in [2.05, 4.69) is 56.1 Å². The summed E-state index contributed by atoms with van der Waals surface area (Å²) < 4.78 is 0. The van der Waals surface area contributed by atoms with Crippen LogP contribution in [-0.2, 0) is 0 Å². The third kappa shape index (κ3) is 3.27. The fourth-order valence-electron chi connectivity index (χ4n) is 2.96. The van der Waals surface area contributed by atoms with Gasteiger partial charge in [0.1, 0.15) is 0 Å². The SMILES string of the molecule is Cc1ccc(NC(=S)N2[C@H](C)CCC[C@@H]2C)c(C)c1. The van der Waals surface area contributed by atoms with Crippen molar-refractivity contribution in [2.45, 2.75) is 59.0 Å². The second kappa shape index (κ2) is 5.91. The molecule has 19 heavy (non-hydrogen) atoms. The summed E-state index contributed by atoms with van der Waals surface area (Å²) in [5.41, 5.74) is 3.66. The summed E-state index contributed by atoms with van der Waals surface area (Å²) >= 11 is 5.62. The first-order valence-electron chi connectivity index (χ1n) is 7.15. The van der Waals surface area contributed by atoms with E-state index in [1.54, 1.807) is 0 Å². The monoisotopic (exact) mass is 276 g/mol. The Bertz CT molecular complexity index is 460. The highest BCUT2D eigenvalue weighted by Crippen LogP contribution is 2.24. The minimum atomic E-state index is 0.537. The van der Waals surface area contributed by atoms with E-state index in [1.165, 1.54) is 30.4 Å². The molecular weight excluding hydrogens is 252 g/mol. The van der Waals surface area contributed by atoms with Gasteiger partial charge in [0.05, 0.1) is 0 Å². The molecule has 0 amide bonds. The Morgan fingerprint density at radius 3 is 2.42 bits per heavy atom. The Kier molecular flexibility index (Phi) is 4.46. The Morgan fingerprint density at radius 2 is 1.84 bits per heavy atom. The zero-order valence-electron chi connectivity index (χ0n) is 12.4. The molecule has 2 nitrogen and oxygen atoms in total. The second-order valence-electron chi connectivity index (χ2n) is 5.78. The van der Waals surface area contributed by atoms with Crippen LogP contribution in [0, 0.1) is 13.8 Å². The van der Waals surface area contributed by atoms with Gasteiger partial charge in [-0.05, 0) is 70.8 Å². The molecule has 0 unspecified atom stereocenters. The molecule has 1 fully saturated rings. The summed E-state index contributed by atoms with van der Waals surface area (Å²) in [5.74, 6) is 0. The molecule has 2 atom stereocenters. The van der Waals surface area contributed by atoms with Gasteiger partial charge in [0.25, 0.3) is 0 Å². The van der Waals surface area contributed by atoms with Crippen molar-refractivity contribution in [3.63, 3.8) is 0 Å². The number of anilines is 1. The molecule has 3 heteroatoms. The highest BCUT2D eigenvalue weighted by atomic mass is 32.1. The number of hydrogen-bond acceptors (Lipinski definition) is 1. The number of hydrogen-bond donors (Lipinski definition) is 1. The molecule has 1 N–H and O–H groups in total. The minimum Gasteiger partial charge on any atom is -0.344 e. The van der Waals surface area contributed by atoms with Crippen LogP contribution in [0.15, 0.2) is 18.2 Å². The number of aryl methyl sites for hydroxylation is 2. The summed E-state index contributed by atoms with van der Waals surface area (Å²) in [5, 5.41) is 4.29. The molecule has 0 saturated carbocycles. The molecule has 0 radical (unpaired) electrons. The fourth-order valence-corrected chi connectivity index (χ4v) is 3.43. The summed E-state index contributed by atoms with van der Waals surface area (Å²) in [7, 11) is 0. The van der Waals surface area contributed by atoms with Crippen LogP contribution in [0.1, 0.15) is 44.2 Å². The second-order valence-corrected chi connectivity index (χ2v) is 6.17. The molecule has 1 aliphatic rings.